The Balaban J connectivity index is 2.85. The first-order valence-electron chi connectivity index (χ1n) is 5.19. The molecule has 16 heavy (non-hydrogen) atoms. The van der Waals surface area contributed by atoms with Crippen LogP contribution in [0.2, 0.25) is 0 Å². The van der Waals surface area contributed by atoms with Gasteiger partial charge in [-0.05, 0) is 12.8 Å². The zero-order valence-electron chi connectivity index (χ0n) is 9.69. The molecule has 0 saturated carbocycles. The number of hydrogen-bond donors (Lipinski definition) is 3. The summed E-state index contributed by atoms with van der Waals surface area (Å²) in [6, 6.07) is -0.135. The molecule has 0 amide bonds. The van der Waals surface area contributed by atoms with Gasteiger partial charge in [-0.1, -0.05) is 20.3 Å². The second kappa shape index (κ2) is 4.84. The maximum Gasteiger partial charge on any atom is 0.246 e. The Morgan fingerprint density at radius 1 is 1.56 bits per heavy atom. The summed E-state index contributed by atoms with van der Waals surface area (Å²) in [5.41, 5.74) is 5.47. The fourth-order valence-electron chi connectivity index (χ4n) is 1.28. The van der Waals surface area contributed by atoms with Gasteiger partial charge in [0, 0.05) is 6.04 Å². The summed E-state index contributed by atoms with van der Waals surface area (Å²) in [7, 11) is -3.57. The lowest BCUT2D eigenvalue weighted by Crippen LogP contribution is -2.37. The Bertz CT molecular complexity index is 440. The average molecular weight is 246 g/mol. The molecule has 1 aromatic rings. The van der Waals surface area contributed by atoms with E-state index in [2.05, 4.69) is 14.9 Å². The molecular formula is C9H18N4O2S. The fourth-order valence-corrected chi connectivity index (χ4v) is 2.65. The molecule has 0 radical (unpaired) electrons. The van der Waals surface area contributed by atoms with Crippen LogP contribution < -0.4 is 10.5 Å². The van der Waals surface area contributed by atoms with Crippen LogP contribution in [0.4, 0.5) is 5.82 Å². The lowest BCUT2D eigenvalue weighted by Gasteiger charge is -2.19. The summed E-state index contributed by atoms with van der Waals surface area (Å²) >= 11 is 0. The number of sulfonamides is 1. The predicted octanol–water partition coefficient (Wildman–Crippen LogP) is 0.705. The summed E-state index contributed by atoms with van der Waals surface area (Å²) in [4.78, 5) is 0.00246. The number of nitrogens with zero attached hydrogens (tertiary/aromatic N) is 1. The number of aromatic amines is 1. The van der Waals surface area contributed by atoms with E-state index in [1.165, 1.54) is 6.20 Å². The second-order valence-corrected chi connectivity index (χ2v) is 5.63. The van der Waals surface area contributed by atoms with Gasteiger partial charge in [-0.15, -0.1) is 0 Å². The number of nitrogens with one attached hydrogen (secondary N) is 2. The quantitative estimate of drug-likeness (QED) is 0.712. The molecule has 92 valence electrons. The summed E-state index contributed by atoms with van der Waals surface area (Å²) in [6.45, 7) is 5.84. The molecule has 0 aliphatic carbocycles. The standard InChI is InChI=1S/C9H18N4O2S/c1-4-6(2)7(3)13-16(14,15)8-5-11-12-9(8)10/h5-7,13H,4H2,1-3H3,(H3,10,11,12). The first-order valence-corrected chi connectivity index (χ1v) is 6.68. The fraction of sp³-hybridized carbons (Fsp3) is 0.667. The first-order chi connectivity index (χ1) is 7.38. The summed E-state index contributed by atoms with van der Waals surface area (Å²) in [6.07, 6.45) is 2.12. The molecule has 1 rings (SSSR count). The van der Waals surface area contributed by atoms with Crippen molar-refractivity contribution in [2.75, 3.05) is 5.73 Å². The molecule has 0 bridgehead atoms. The van der Waals surface area contributed by atoms with Gasteiger partial charge in [0.25, 0.3) is 0 Å². The van der Waals surface area contributed by atoms with Crippen LogP contribution in [0.3, 0.4) is 0 Å². The average Bonchev–Trinajstić information content (AvgIpc) is 2.63. The maximum absolute atomic E-state index is 11.9. The van der Waals surface area contributed by atoms with E-state index in [1.54, 1.807) is 0 Å². The third-order valence-corrected chi connectivity index (χ3v) is 4.35. The van der Waals surface area contributed by atoms with Gasteiger partial charge in [-0.25, -0.2) is 13.1 Å². The summed E-state index contributed by atoms with van der Waals surface area (Å²) in [5, 5.41) is 5.99. The molecule has 1 heterocycles. The Kier molecular flexibility index (Phi) is 3.93. The Morgan fingerprint density at radius 3 is 2.62 bits per heavy atom. The van der Waals surface area contributed by atoms with Gasteiger partial charge in [0.05, 0.1) is 6.20 Å². The van der Waals surface area contributed by atoms with Gasteiger partial charge in [-0.3, -0.25) is 5.10 Å². The van der Waals surface area contributed by atoms with Crippen LogP contribution in [-0.2, 0) is 10.0 Å². The molecule has 2 unspecified atom stereocenters. The van der Waals surface area contributed by atoms with Gasteiger partial charge in [-0.2, -0.15) is 5.10 Å². The van der Waals surface area contributed by atoms with Gasteiger partial charge < -0.3 is 5.73 Å². The summed E-state index contributed by atoms with van der Waals surface area (Å²) in [5.74, 6) is 0.326. The predicted molar refractivity (Wildman–Crippen MR) is 62.2 cm³/mol. The van der Waals surface area contributed by atoms with Crippen molar-refractivity contribution in [2.24, 2.45) is 5.92 Å². The van der Waals surface area contributed by atoms with Crippen molar-refractivity contribution in [3.8, 4) is 0 Å². The number of aromatic nitrogens is 2. The molecule has 0 spiro atoms. The monoisotopic (exact) mass is 246 g/mol. The molecule has 1 aromatic heterocycles. The normalized spacial score (nSPS) is 15.9. The van der Waals surface area contributed by atoms with E-state index in [0.29, 0.717) is 0 Å². The number of nitrogens with two attached hydrogens (primary N) is 1. The highest BCUT2D eigenvalue weighted by atomic mass is 32.2. The highest BCUT2D eigenvalue weighted by Crippen LogP contribution is 2.16. The topological polar surface area (TPSA) is 101 Å². The highest BCUT2D eigenvalue weighted by molar-refractivity contribution is 7.89. The van der Waals surface area contributed by atoms with Crippen LogP contribution in [0.15, 0.2) is 11.1 Å². The van der Waals surface area contributed by atoms with Crippen molar-refractivity contribution in [1.82, 2.24) is 14.9 Å². The molecule has 2 atom stereocenters. The molecule has 0 aliphatic rings. The van der Waals surface area contributed by atoms with Crippen LogP contribution in [0, 0.1) is 5.92 Å². The van der Waals surface area contributed by atoms with Crippen molar-refractivity contribution in [2.45, 2.75) is 38.1 Å². The van der Waals surface area contributed by atoms with Crippen LogP contribution in [0.5, 0.6) is 0 Å². The zero-order chi connectivity index (χ0) is 12.3. The minimum absolute atomic E-state index is 0.00246. The van der Waals surface area contributed by atoms with Crippen molar-refractivity contribution < 1.29 is 8.42 Å². The minimum atomic E-state index is -3.57. The van der Waals surface area contributed by atoms with E-state index in [4.69, 9.17) is 5.73 Å². The van der Waals surface area contributed by atoms with E-state index in [-0.39, 0.29) is 22.7 Å². The lowest BCUT2D eigenvalue weighted by molar-refractivity contribution is 0.434. The van der Waals surface area contributed by atoms with E-state index in [0.717, 1.165) is 6.42 Å². The van der Waals surface area contributed by atoms with Crippen molar-refractivity contribution >= 4 is 15.8 Å². The van der Waals surface area contributed by atoms with Crippen molar-refractivity contribution in [1.29, 1.82) is 0 Å². The van der Waals surface area contributed by atoms with Crippen LogP contribution in [0.25, 0.3) is 0 Å². The maximum atomic E-state index is 11.9. The van der Waals surface area contributed by atoms with Gasteiger partial charge in [0.1, 0.15) is 10.7 Å². The number of rotatable bonds is 5. The van der Waals surface area contributed by atoms with Crippen LogP contribution in [-0.4, -0.2) is 24.7 Å². The highest BCUT2D eigenvalue weighted by Gasteiger charge is 2.23. The SMILES string of the molecule is CCC(C)C(C)NS(=O)(=O)c1cn[nH]c1N. The zero-order valence-corrected chi connectivity index (χ0v) is 10.5. The molecule has 0 aromatic carbocycles. The molecule has 4 N–H and O–H groups in total. The van der Waals surface area contributed by atoms with Gasteiger partial charge in [0.2, 0.25) is 10.0 Å². The number of hydrogen-bond acceptors (Lipinski definition) is 4. The Morgan fingerprint density at radius 2 is 2.19 bits per heavy atom. The summed E-state index contributed by atoms with van der Waals surface area (Å²) < 4.78 is 26.4. The number of nitrogen functional groups attached to an aromatic ring is 1. The molecular weight excluding hydrogens is 228 g/mol. The number of anilines is 1. The van der Waals surface area contributed by atoms with Crippen molar-refractivity contribution in [3.63, 3.8) is 0 Å². The van der Waals surface area contributed by atoms with Crippen molar-refractivity contribution in [3.05, 3.63) is 6.20 Å². The van der Waals surface area contributed by atoms with E-state index in [1.807, 2.05) is 20.8 Å². The Hall–Kier alpha value is -1.08. The Labute approximate surface area is 95.7 Å². The van der Waals surface area contributed by atoms with Crippen LogP contribution >= 0.6 is 0 Å². The third-order valence-electron chi connectivity index (χ3n) is 2.76. The van der Waals surface area contributed by atoms with E-state index in [9.17, 15) is 8.42 Å². The molecule has 0 aliphatic heterocycles. The third kappa shape index (κ3) is 2.73. The molecule has 0 saturated heterocycles. The first kappa shape index (κ1) is 13.0. The largest absolute Gasteiger partial charge is 0.383 e. The molecule has 7 heteroatoms. The second-order valence-electron chi connectivity index (χ2n) is 3.94. The van der Waals surface area contributed by atoms with Crippen LogP contribution in [0.1, 0.15) is 27.2 Å². The minimum Gasteiger partial charge on any atom is -0.383 e. The van der Waals surface area contributed by atoms with Gasteiger partial charge >= 0.3 is 0 Å². The lowest BCUT2D eigenvalue weighted by atomic mass is 10.0. The smallest absolute Gasteiger partial charge is 0.246 e. The van der Waals surface area contributed by atoms with E-state index >= 15 is 0 Å². The molecule has 6 nitrogen and oxygen atoms in total. The number of H-pyrrole nitrogens is 1. The van der Waals surface area contributed by atoms with Gasteiger partial charge in [0.15, 0.2) is 0 Å². The molecule has 0 fully saturated rings. The van der Waals surface area contributed by atoms with E-state index < -0.39 is 10.0 Å².